The first-order valence-electron chi connectivity index (χ1n) is 10.7. The van der Waals surface area contributed by atoms with E-state index in [9.17, 15) is 18.0 Å². The number of halogens is 4. The molecule has 186 valence electrons. The van der Waals surface area contributed by atoms with Crippen molar-refractivity contribution in [3.05, 3.63) is 77.8 Å². The number of nitrogens with zero attached hydrogens (tertiary/aromatic N) is 4. The van der Waals surface area contributed by atoms with Gasteiger partial charge < -0.3 is 15.4 Å². The summed E-state index contributed by atoms with van der Waals surface area (Å²) >= 11 is 5.61. The Morgan fingerprint density at radius 3 is 2.50 bits per heavy atom. The molecule has 36 heavy (non-hydrogen) atoms. The minimum atomic E-state index is -4.65. The summed E-state index contributed by atoms with van der Waals surface area (Å²) in [6.45, 7) is 4.03. The highest BCUT2D eigenvalue weighted by Gasteiger charge is 2.33. The van der Waals surface area contributed by atoms with Gasteiger partial charge in [-0.25, -0.2) is 14.8 Å². The van der Waals surface area contributed by atoms with Crippen molar-refractivity contribution in [1.82, 2.24) is 19.7 Å². The topological polar surface area (TPSA) is 94.0 Å². The van der Waals surface area contributed by atoms with Crippen LogP contribution in [-0.2, 0) is 6.18 Å². The molecule has 0 saturated heterocycles. The average molecular weight is 517 g/mol. The van der Waals surface area contributed by atoms with Crippen LogP contribution in [0.4, 0.5) is 29.3 Å². The van der Waals surface area contributed by atoms with Gasteiger partial charge in [-0.15, -0.1) is 0 Å². The lowest BCUT2D eigenvalue weighted by atomic mass is 10.2. The van der Waals surface area contributed by atoms with Crippen LogP contribution in [-0.4, -0.2) is 25.8 Å². The van der Waals surface area contributed by atoms with Crippen molar-refractivity contribution in [3.63, 3.8) is 0 Å². The van der Waals surface area contributed by atoms with E-state index in [1.54, 1.807) is 36.5 Å². The fourth-order valence-electron chi connectivity index (χ4n) is 3.18. The third kappa shape index (κ3) is 6.11. The highest BCUT2D eigenvalue weighted by molar-refractivity contribution is 6.31. The summed E-state index contributed by atoms with van der Waals surface area (Å²) in [5, 5.41) is 8.75. The smallest absolute Gasteiger partial charge is 0.417 e. The van der Waals surface area contributed by atoms with Crippen LogP contribution in [0.5, 0.6) is 11.6 Å². The van der Waals surface area contributed by atoms with E-state index in [-0.39, 0.29) is 17.6 Å². The highest BCUT2D eigenvalue weighted by Crippen LogP contribution is 2.36. The Bertz CT molecular complexity index is 1390. The van der Waals surface area contributed by atoms with Gasteiger partial charge in [0.05, 0.1) is 22.5 Å². The van der Waals surface area contributed by atoms with Crippen LogP contribution in [0.25, 0.3) is 11.3 Å². The van der Waals surface area contributed by atoms with Crippen LogP contribution < -0.4 is 15.4 Å². The number of aromatic nitrogens is 4. The number of amides is 2. The van der Waals surface area contributed by atoms with E-state index in [1.165, 1.54) is 12.4 Å². The van der Waals surface area contributed by atoms with Crippen molar-refractivity contribution < 1.29 is 22.7 Å². The van der Waals surface area contributed by atoms with Gasteiger partial charge in [-0.2, -0.15) is 18.3 Å². The summed E-state index contributed by atoms with van der Waals surface area (Å²) in [6.07, 6.45) is 0.298. The third-order valence-electron chi connectivity index (χ3n) is 4.91. The Kier molecular flexibility index (Phi) is 7.11. The zero-order valence-corrected chi connectivity index (χ0v) is 19.8. The molecule has 0 bridgehead atoms. The Morgan fingerprint density at radius 1 is 1.06 bits per heavy atom. The van der Waals surface area contributed by atoms with Gasteiger partial charge >= 0.3 is 12.2 Å². The summed E-state index contributed by atoms with van der Waals surface area (Å²) < 4.78 is 46.8. The number of rotatable bonds is 6. The second-order valence-corrected chi connectivity index (χ2v) is 8.35. The van der Waals surface area contributed by atoms with Crippen LogP contribution >= 0.6 is 11.6 Å². The molecular formula is C24H20ClF3N6O2. The molecule has 0 saturated carbocycles. The van der Waals surface area contributed by atoms with Crippen LogP contribution in [0.2, 0.25) is 5.02 Å². The Morgan fingerprint density at radius 2 is 1.81 bits per heavy atom. The number of carbonyl (C=O) groups is 1. The Balaban J connectivity index is 1.44. The summed E-state index contributed by atoms with van der Waals surface area (Å²) in [4.78, 5) is 20.7. The second-order valence-electron chi connectivity index (χ2n) is 7.95. The van der Waals surface area contributed by atoms with E-state index in [4.69, 9.17) is 16.3 Å². The van der Waals surface area contributed by atoms with Gasteiger partial charge in [0.2, 0.25) is 5.88 Å². The number of ether oxygens (including phenoxy) is 1. The number of alkyl halides is 3. The average Bonchev–Trinajstić information content (AvgIpc) is 3.31. The quantitative estimate of drug-likeness (QED) is 0.287. The normalized spacial score (nSPS) is 11.4. The number of hydrogen-bond donors (Lipinski definition) is 2. The zero-order valence-electron chi connectivity index (χ0n) is 19.0. The molecule has 12 heteroatoms. The second kappa shape index (κ2) is 10.2. The molecule has 2 N–H and O–H groups in total. The molecule has 0 unspecified atom stereocenters. The number of nitrogens with one attached hydrogen (secondary N) is 2. The predicted octanol–water partition coefficient (Wildman–Crippen LogP) is 7.03. The van der Waals surface area contributed by atoms with Crippen molar-refractivity contribution in [2.24, 2.45) is 0 Å². The largest absolute Gasteiger partial charge is 0.439 e. The standard InChI is InChI=1S/C24H20ClF3N6O2/c1-14(2)34-12-15(11-31-34)21-10-22(30-13-29-21)36-18-5-3-4-16(8-18)32-23(35)33-17-6-7-20(25)19(9-17)24(26,27)28/h3-14H,1-2H3,(H2,32,33,35). The molecule has 0 atom stereocenters. The molecule has 4 aromatic rings. The predicted molar refractivity (Wildman–Crippen MR) is 129 cm³/mol. The van der Waals surface area contributed by atoms with Crippen LogP contribution in [0.15, 0.2) is 67.3 Å². The van der Waals surface area contributed by atoms with Gasteiger partial charge in [-0.3, -0.25) is 4.68 Å². The van der Waals surface area contributed by atoms with E-state index in [1.807, 2.05) is 24.7 Å². The summed E-state index contributed by atoms with van der Waals surface area (Å²) in [5.74, 6) is 0.654. The fourth-order valence-corrected chi connectivity index (χ4v) is 3.40. The minimum Gasteiger partial charge on any atom is -0.439 e. The molecule has 0 aliphatic carbocycles. The van der Waals surface area contributed by atoms with E-state index in [0.29, 0.717) is 17.1 Å². The molecule has 0 aliphatic heterocycles. The molecule has 0 fully saturated rings. The maximum atomic E-state index is 13.1. The lowest BCUT2D eigenvalue weighted by molar-refractivity contribution is -0.137. The summed E-state index contributed by atoms with van der Waals surface area (Å²) in [6, 6.07) is 10.7. The van der Waals surface area contributed by atoms with E-state index < -0.39 is 22.8 Å². The molecule has 2 aromatic carbocycles. The highest BCUT2D eigenvalue weighted by atomic mass is 35.5. The zero-order chi connectivity index (χ0) is 25.9. The van der Waals surface area contributed by atoms with Crippen LogP contribution in [0.3, 0.4) is 0 Å². The van der Waals surface area contributed by atoms with Crippen molar-refractivity contribution >= 4 is 29.0 Å². The summed E-state index contributed by atoms with van der Waals surface area (Å²) in [7, 11) is 0. The molecular weight excluding hydrogens is 497 g/mol. The maximum Gasteiger partial charge on any atom is 0.417 e. The molecule has 0 radical (unpaired) electrons. The molecule has 0 aliphatic rings. The first-order chi connectivity index (χ1) is 17.1. The van der Waals surface area contributed by atoms with Gasteiger partial charge in [0.25, 0.3) is 0 Å². The van der Waals surface area contributed by atoms with Gasteiger partial charge in [0, 0.05) is 41.3 Å². The molecule has 4 rings (SSSR count). The number of urea groups is 1. The van der Waals surface area contributed by atoms with E-state index >= 15 is 0 Å². The van der Waals surface area contributed by atoms with Gasteiger partial charge in [-0.05, 0) is 44.2 Å². The van der Waals surface area contributed by atoms with Crippen molar-refractivity contribution in [3.8, 4) is 22.9 Å². The summed E-state index contributed by atoms with van der Waals surface area (Å²) in [5.41, 5.74) is 0.673. The van der Waals surface area contributed by atoms with E-state index in [0.717, 1.165) is 17.7 Å². The minimum absolute atomic E-state index is 0.0640. The van der Waals surface area contributed by atoms with Gasteiger partial charge in [0.15, 0.2) is 0 Å². The Labute approximate surface area is 209 Å². The van der Waals surface area contributed by atoms with E-state index in [2.05, 4.69) is 25.7 Å². The lowest BCUT2D eigenvalue weighted by Gasteiger charge is -2.13. The molecule has 2 heterocycles. The van der Waals surface area contributed by atoms with Gasteiger partial charge in [-0.1, -0.05) is 17.7 Å². The SMILES string of the molecule is CC(C)n1cc(-c2cc(Oc3cccc(NC(=O)Nc4ccc(Cl)c(C(F)(F)F)c4)c3)ncn2)cn1. The fraction of sp³-hybridized carbons (Fsp3) is 0.167. The number of benzene rings is 2. The number of hydrogen-bond acceptors (Lipinski definition) is 5. The van der Waals surface area contributed by atoms with Gasteiger partial charge in [0.1, 0.15) is 12.1 Å². The Hall–Kier alpha value is -4.12. The number of anilines is 2. The van der Waals surface area contributed by atoms with Crippen molar-refractivity contribution in [2.75, 3.05) is 10.6 Å². The maximum absolute atomic E-state index is 13.1. The van der Waals surface area contributed by atoms with Crippen molar-refractivity contribution in [1.29, 1.82) is 0 Å². The molecule has 2 aromatic heterocycles. The first kappa shape index (κ1) is 25.0. The van der Waals surface area contributed by atoms with Crippen molar-refractivity contribution in [2.45, 2.75) is 26.1 Å². The van der Waals surface area contributed by atoms with Crippen LogP contribution in [0.1, 0.15) is 25.5 Å². The lowest BCUT2D eigenvalue weighted by Crippen LogP contribution is -2.20. The van der Waals surface area contributed by atoms with Crippen LogP contribution in [0, 0.1) is 0 Å². The molecule has 2 amide bonds. The molecule has 8 nitrogen and oxygen atoms in total. The first-order valence-corrected chi connectivity index (χ1v) is 11.1. The third-order valence-corrected chi connectivity index (χ3v) is 5.24. The number of carbonyl (C=O) groups excluding carboxylic acids is 1. The monoisotopic (exact) mass is 516 g/mol. The molecule has 0 spiro atoms.